The average Bonchev–Trinajstić information content (AvgIpc) is 3.44. The maximum absolute atomic E-state index is 13.2. The van der Waals surface area contributed by atoms with Crippen molar-refractivity contribution in [3.8, 4) is 5.69 Å². The highest BCUT2D eigenvalue weighted by Gasteiger charge is 2.35. The lowest BCUT2D eigenvalue weighted by Gasteiger charge is -2.32. The summed E-state index contributed by atoms with van der Waals surface area (Å²) in [6, 6.07) is 10.2. The van der Waals surface area contributed by atoms with Gasteiger partial charge >= 0.3 is 0 Å². The van der Waals surface area contributed by atoms with Crippen LogP contribution in [0.2, 0.25) is 0 Å². The Balaban J connectivity index is 0.00000210. The highest BCUT2D eigenvalue weighted by molar-refractivity contribution is 5.95. The van der Waals surface area contributed by atoms with Crippen LogP contribution in [0.15, 0.2) is 36.5 Å². The second kappa shape index (κ2) is 8.89. The van der Waals surface area contributed by atoms with E-state index in [9.17, 15) is 4.79 Å². The first-order valence-electron chi connectivity index (χ1n) is 9.91. The number of carbonyl (C=O) groups excluding carboxylic acids is 1. The van der Waals surface area contributed by atoms with Crippen molar-refractivity contribution >= 4 is 18.3 Å². The lowest BCUT2D eigenvalue weighted by molar-refractivity contribution is 0.0689. The standard InChI is InChI=1S/C21H28N4O.ClH/c1-2-22-14-16-10-12-24(13-11-16)21(26)19-15-23-25(20(19)17-8-9-17)18-6-4-3-5-7-18;/h3-7,15-17,22H,2,8-14H2,1H3;1H. The van der Waals surface area contributed by atoms with Gasteiger partial charge in [0.25, 0.3) is 5.91 Å². The summed E-state index contributed by atoms with van der Waals surface area (Å²) in [5.41, 5.74) is 2.95. The molecule has 2 fully saturated rings. The first-order valence-corrected chi connectivity index (χ1v) is 9.91. The zero-order valence-corrected chi connectivity index (χ0v) is 16.8. The molecule has 1 amide bonds. The molecule has 2 heterocycles. The lowest BCUT2D eigenvalue weighted by atomic mass is 9.96. The van der Waals surface area contributed by atoms with E-state index >= 15 is 0 Å². The molecule has 2 aliphatic rings. The molecule has 0 bridgehead atoms. The van der Waals surface area contributed by atoms with Crippen molar-refractivity contribution in [2.24, 2.45) is 5.92 Å². The Bertz CT molecular complexity index is 749. The summed E-state index contributed by atoms with van der Waals surface area (Å²) < 4.78 is 1.98. The topological polar surface area (TPSA) is 50.2 Å². The molecule has 1 aliphatic heterocycles. The number of halogens is 1. The van der Waals surface area contributed by atoms with E-state index in [2.05, 4.69) is 29.5 Å². The van der Waals surface area contributed by atoms with Gasteiger partial charge in [0, 0.05) is 19.0 Å². The van der Waals surface area contributed by atoms with Crippen LogP contribution in [0.4, 0.5) is 0 Å². The van der Waals surface area contributed by atoms with E-state index in [1.54, 1.807) is 6.20 Å². The molecule has 0 unspecified atom stereocenters. The first-order chi connectivity index (χ1) is 12.8. The molecule has 1 aromatic carbocycles. The van der Waals surface area contributed by atoms with Gasteiger partial charge in [0.05, 0.1) is 23.1 Å². The molecule has 1 N–H and O–H groups in total. The number of aromatic nitrogens is 2. The quantitative estimate of drug-likeness (QED) is 0.822. The molecule has 0 radical (unpaired) electrons. The third-order valence-corrected chi connectivity index (χ3v) is 5.59. The van der Waals surface area contributed by atoms with Crippen LogP contribution in [0.3, 0.4) is 0 Å². The number of hydrogen-bond acceptors (Lipinski definition) is 3. The summed E-state index contributed by atoms with van der Waals surface area (Å²) in [6.45, 7) is 5.94. The summed E-state index contributed by atoms with van der Waals surface area (Å²) in [7, 11) is 0. The zero-order valence-electron chi connectivity index (χ0n) is 15.9. The Morgan fingerprint density at radius 3 is 2.48 bits per heavy atom. The Labute approximate surface area is 167 Å². The fourth-order valence-electron chi connectivity index (χ4n) is 3.91. The fraction of sp³-hybridized carbons (Fsp3) is 0.524. The first kappa shape index (κ1) is 19.9. The molecule has 4 rings (SSSR count). The maximum atomic E-state index is 13.2. The predicted octanol–water partition coefficient (Wildman–Crippen LogP) is 3.63. The van der Waals surface area contributed by atoms with Crippen molar-refractivity contribution in [1.29, 1.82) is 0 Å². The molecular formula is C21H29ClN4O. The number of para-hydroxylation sites is 1. The van der Waals surface area contributed by atoms with Crippen LogP contribution in [-0.4, -0.2) is 46.8 Å². The Morgan fingerprint density at radius 2 is 1.85 bits per heavy atom. The number of nitrogens with zero attached hydrogens (tertiary/aromatic N) is 3. The maximum Gasteiger partial charge on any atom is 0.257 e. The second-order valence-corrected chi connectivity index (χ2v) is 7.51. The number of likely N-dealkylation sites (tertiary alicyclic amines) is 1. The molecule has 1 aliphatic carbocycles. The van der Waals surface area contributed by atoms with Crippen LogP contribution in [0, 0.1) is 5.92 Å². The zero-order chi connectivity index (χ0) is 17.9. The molecule has 2 aromatic rings. The molecule has 6 heteroatoms. The molecule has 1 aromatic heterocycles. The predicted molar refractivity (Wildman–Crippen MR) is 110 cm³/mol. The number of piperidine rings is 1. The molecule has 1 saturated carbocycles. The van der Waals surface area contributed by atoms with Gasteiger partial charge in [0.15, 0.2) is 0 Å². The van der Waals surface area contributed by atoms with Crippen LogP contribution in [-0.2, 0) is 0 Å². The van der Waals surface area contributed by atoms with Gasteiger partial charge in [-0.3, -0.25) is 4.79 Å². The van der Waals surface area contributed by atoms with Crippen molar-refractivity contribution in [2.45, 2.75) is 38.5 Å². The third-order valence-electron chi connectivity index (χ3n) is 5.59. The largest absolute Gasteiger partial charge is 0.339 e. The molecule has 27 heavy (non-hydrogen) atoms. The number of carbonyl (C=O) groups is 1. The summed E-state index contributed by atoms with van der Waals surface area (Å²) in [5, 5.41) is 8.01. The summed E-state index contributed by atoms with van der Waals surface area (Å²) in [4.78, 5) is 15.2. The minimum atomic E-state index is 0. The van der Waals surface area contributed by atoms with E-state index in [4.69, 9.17) is 0 Å². The van der Waals surface area contributed by atoms with Gasteiger partial charge in [-0.25, -0.2) is 4.68 Å². The average molecular weight is 389 g/mol. The van der Waals surface area contributed by atoms with Gasteiger partial charge in [-0.15, -0.1) is 12.4 Å². The Morgan fingerprint density at radius 1 is 1.15 bits per heavy atom. The third kappa shape index (κ3) is 4.36. The normalized spacial score (nSPS) is 17.6. The number of benzene rings is 1. The molecule has 0 atom stereocenters. The Kier molecular flexibility index (Phi) is 6.55. The molecule has 1 saturated heterocycles. The van der Waals surface area contributed by atoms with Crippen LogP contribution >= 0.6 is 12.4 Å². The number of nitrogens with one attached hydrogen (secondary N) is 1. The molecular weight excluding hydrogens is 360 g/mol. The van der Waals surface area contributed by atoms with Gasteiger partial charge in [0.2, 0.25) is 0 Å². The summed E-state index contributed by atoms with van der Waals surface area (Å²) in [6.07, 6.45) is 6.27. The van der Waals surface area contributed by atoms with Gasteiger partial charge in [0.1, 0.15) is 0 Å². The molecule has 5 nitrogen and oxygen atoms in total. The summed E-state index contributed by atoms with van der Waals surface area (Å²) >= 11 is 0. The van der Waals surface area contributed by atoms with E-state index in [-0.39, 0.29) is 18.3 Å². The monoisotopic (exact) mass is 388 g/mol. The molecule has 146 valence electrons. The second-order valence-electron chi connectivity index (χ2n) is 7.51. The van der Waals surface area contributed by atoms with E-state index in [0.29, 0.717) is 11.8 Å². The van der Waals surface area contributed by atoms with Crippen LogP contribution < -0.4 is 5.32 Å². The number of hydrogen-bond donors (Lipinski definition) is 1. The molecule has 0 spiro atoms. The number of rotatable bonds is 6. The van der Waals surface area contributed by atoms with Crippen molar-refractivity contribution in [2.75, 3.05) is 26.2 Å². The Hall–Kier alpha value is -1.85. The summed E-state index contributed by atoms with van der Waals surface area (Å²) in [5.74, 6) is 1.33. The highest BCUT2D eigenvalue weighted by Crippen LogP contribution is 2.42. The minimum absolute atomic E-state index is 0. The smallest absolute Gasteiger partial charge is 0.257 e. The van der Waals surface area contributed by atoms with Crippen molar-refractivity contribution in [3.05, 3.63) is 47.8 Å². The van der Waals surface area contributed by atoms with Gasteiger partial charge < -0.3 is 10.2 Å². The van der Waals surface area contributed by atoms with E-state index in [1.165, 1.54) is 0 Å². The van der Waals surface area contributed by atoms with Crippen LogP contribution in [0.1, 0.15) is 54.6 Å². The van der Waals surface area contributed by atoms with Gasteiger partial charge in [-0.05, 0) is 56.8 Å². The van der Waals surface area contributed by atoms with Crippen molar-refractivity contribution in [1.82, 2.24) is 20.0 Å². The SMILES string of the molecule is CCNCC1CCN(C(=O)c2cnn(-c3ccccc3)c2C2CC2)CC1.Cl. The van der Waals surface area contributed by atoms with Gasteiger partial charge in [-0.1, -0.05) is 25.1 Å². The minimum Gasteiger partial charge on any atom is -0.339 e. The van der Waals surface area contributed by atoms with E-state index < -0.39 is 0 Å². The van der Waals surface area contributed by atoms with E-state index in [0.717, 1.165) is 68.8 Å². The fourth-order valence-corrected chi connectivity index (χ4v) is 3.91. The highest BCUT2D eigenvalue weighted by atomic mass is 35.5. The lowest BCUT2D eigenvalue weighted by Crippen LogP contribution is -2.41. The van der Waals surface area contributed by atoms with Crippen molar-refractivity contribution in [3.63, 3.8) is 0 Å². The van der Waals surface area contributed by atoms with Crippen molar-refractivity contribution < 1.29 is 4.79 Å². The van der Waals surface area contributed by atoms with E-state index in [1.807, 2.05) is 27.8 Å². The number of amides is 1. The van der Waals surface area contributed by atoms with Gasteiger partial charge in [-0.2, -0.15) is 5.10 Å². The van der Waals surface area contributed by atoms with Crippen LogP contribution in [0.5, 0.6) is 0 Å². The van der Waals surface area contributed by atoms with Crippen LogP contribution in [0.25, 0.3) is 5.69 Å².